The summed E-state index contributed by atoms with van der Waals surface area (Å²) >= 11 is 0. The molecule has 1 aromatic heterocycles. The molecule has 0 aromatic carbocycles. The monoisotopic (exact) mass is 293 g/mol. The van der Waals surface area contributed by atoms with Crippen molar-refractivity contribution in [2.45, 2.75) is 39.2 Å². The van der Waals surface area contributed by atoms with Gasteiger partial charge in [0.05, 0.1) is 0 Å². The van der Waals surface area contributed by atoms with Crippen molar-refractivity contribution in [2.24, 2.45) is 5.92 Å². The first-order chi connectivity index (χ1) is 10.1. The number of rotatable bonds is 9. The predicted molar refractivity (Wildman–Crippen MR) is 79.7 cm³/mol. The molecule has 21 heavy (non-hydrogen) atoms. The zero-order valence-corrected chi connectivity index (χ0v) is 12.3. The van der Waals surface area contributed by atoms with Crippen LogP contribution in [0.1, 0.15) is 38.2 Å². The highest BCUT2D eigenvalue weighted by atomic mass is 16.4. The molecule has 1 atom stereocenters. The lowest BCUT2D eigenvalue weighted by Crippen LogP contribution is -2.36. The van der Waals surface area contributed by atoms with Crippen molar-refractivity contribution in [3.8, 4) is 0 Å². The van der Waals surface area contributed by atoms with Crippen molar-refractivity contribution in [2.75, 3.05) is 6.54 Å². The Labute approximate surface area is 125 Å². The minimum Gasteiger partial charge on any atom is -0.481 e. The van der Waals surface area contributed by atoms with Gasteiger partial charge in [-0.25, -0.2) is 4.79 Å². The van der Waals surface area contributed by atoms with E-state index in [9.17, 15) is 9.59 Å². The molecule has 0 spiro atoms. The van der Waals surface area contributed by atoms with Crippen molar-refractivity contribution in [3.05, 3.63) is 30.1 Å². The van der Waals surface area contributed by atoms with Crippen LogP contribution in [-0.4, -0.2) is 28.6 Å². The summed E-state index contributed by atoms with van der Waals surface area (Å²) in [5.41, 5.74) is 0.945. The van der Waals surface area contributed by atoms with E-state index < -0.39 is 5.97 Å². The summed E-state index contributed by atoms with van der Waals surface area (Å²) in [6.45, 7) is 3.03. The molecule has 3 N–H and O–H groups in total. The highest BCUT2D eigenvalue weighted by Crippen LogP contribution is 2.14. The second-order valence-corrected chi connectivity index (χ2v) is 4.97. The van der Waals surface area contributed by atoms with Crippen LogP contribution in [0.5, 0.6) is 0 Å². The smallest absolute Gasteiger partial charge is 0.315 e. The molecule has 0 bridgehead atoms. The zero-order chi connectivity index (χ0) is 15.5. The quantitative estimate of drug-likeness (QED) is 0.650. The molecule has 0 fully saturated rings. The number of nitrogens with zero attached hydrogens (tertiary/aromatic N) is 1. The number of hydrogen-bond donors (Lipinski definition) is 3. The second kappa shape index (κ2) is 9.74. The number of pyridine rings is 1. The minimum absolute atomic E-state index is 0.186. The van der Waals surface area contributed by atoms with Crippen molar-refractivity contribution >= 4 is 12.0 Å². The molecule has 6 heteroatoms. The molecule has 0 radical (unpaired) electrons. The third kappa shape index (κ3) is 7.91. The third-order valence-corrected chi connectivity index (χ3v) is 3.36. The average molecular weight is 293 g/mol. The van der Waals surface area contributed by atoms with Gasteiger partial charge < -0.3 is 15.7 Å². The van der Waals surface area contributed by atoms with Gasteiger partial charge in [-0.1, -0.05) is 19.4 Å². The average Bonchev–Trinajstić information content (AvgIpc) is 2.49. The Bertz CT molecular complexity index is 437. The molecule has 1 heterocycles. The Kier molecular flexibility index (Phi) is 7.86. The van der Waals surface area contributed by atoms with Crippen LogP contribution < -0.4 is 10.6 Å². The van der Waals surface area contributed by atoms with E-state index in [0.29, 0.717) is 25.4 Å². The van der Waals surface area contributed by atoms with Crippen LogP contribution in [0.2, 0.25) is 0 Å². The Morgan fingerprint density at radius 1 is 1.33 bits per heavy atom. The molecule has 0 aliphatic rings. The molecule has 1 rings (SSSR count). The summed E-state index contributed by atoms with van der Waals surface area (Å²) < 4.78 is 0. The van der Waals surface area contributed by atoms with E-state index in [1.807, 2.05) is 19.1 Å². The van der Waals surface area contributed by atoms with Gasteiger partial charge >= 0.3 is 12.0 Å². The largest absolute Gasteiger partial charge is 0.481 e. The third-order valence-electron chi connectivity index (χ3n) is 3.36. The fourth-order valence-electron chi connectivity index (χ4n) is 2.02. The van der Waals surface area contributed by atoms with Crippen LogP contribution in [0.4, 0.5) is 4.79 Å². The molecule has 1 aromatic rings. The van der Waals surface area contributed by atoms with Gasteiger partial charge in [0.15, 0.2) is 0 Å². The highest BCUT2D eigenvalue weighted by Gasteiger charge is 2.09. The van der Waals surface area contributed by atoms with Gasteiger partial charge in [-0.15, -0.1) is 0 Å². The summed E-state index contributed by atoms with van der Waals surface area (Å²) in [4.78, 5) is 26.1. The van der Waals surface area contributed by atoms with Crippen molar-refractivity contribution in [1.82, 2.24) is 15.6 Å². The highest BCUT2D eigenvalue weighted by molar-refractivity contribution is 5.73. The Hall–Kier alpha value is -2.11. The first kappa shape index (κ1) is 16.9. The van der Waals surface area contributed by atoms with Gasteiger partial charge in [-0.3, -0.25) is 9.78 Å². The van der Waals surface area contributed by atoms with E-state index in [4.69, 9.17) is 5.11 Å². The number of carbonyl (C=O) groups is 2. The van der Waals surface area contributed by atoms with E-state index in [1.54, 1.807) is 12.4 Å². The summed E-state index contributed by atoms with van der Waals surface area (Å²) in [7, 11) is 0. The van der Waals surface area contributed by atoms with Crippen molar-refractivity contribution < 1.29 is 14.7 Å². The predicted octanol–water partition coefficient (Wildman–Crippen LogP) is 2.16. The lowest BCUT2D eigenvalue weighted by Gasteiger charge is -2.14. The summed E-state index contributed by atoms with van der Waals surface area (Å²) in [5.74, 6) is -0.435. The fraction of sp³-hybridized carbons (Fsp3) is 0.533. The first-order valence-electron chi connectivity index (χ1n) is 7.24. The number of aliphatic carboxylic acids is 1. The van der Waals surface area contributed by atoms with Gasteiger partial charge in [0.1, 0.15) is 0 Å². The molecule has 6 nitrogen and oxygen atoms in total. The molecule has 1 unspecified atom stereocenters. The second-order valence-electron chi connectivity index (χ2n) is 4.97. The number of carboxylic acid groups (broad SMARTS) is 1. The molecular formula is C15H23N3O3. The standard InChI is InChI=1S/C15H23N3O3/c1-2-12(5-6-14(19)20)7-9-17-15(21)18-11-13-4-3-8-16-10-13/h3-4,8,10,12H,2,5-7,9,11H2,1H3,(H,19,20)(H2,17,18,21). The van der Waals surface area contributed by atoms with Crippen LogP contribution >= 0.6 is 0 Å². The maximum absolute atomic E-state index is 11.6. The molecule has 0 aliphatic heterocycles. The number of urea groups is 1. The molecule has 0 saturated heterocycles. The Morgan fingerprint density at radius 2 is 2.14 bits per heavy atom. The lowest BCUT2D eigenvalue weighted by molar-refractivity contribution is -0.137. The Morgan fingerprint density at radius 3 is 2.76 bits per heavy atom. The molecule has 116 valence electrons. The number of carbonyl (C=O) groups excluding carboxylic acids is 1. The molecule has 0 saturated carbocycles. The van der Waals surface area contributed by atoms with Crippen LogP contribution in [0, 0.1) is 5.92 Å². The van der Waals surface area contributed by atoms with Crippen molar-refractivity contribution in [3.63, 3.8) is 0 Å². The number of nitrogens with one attached hydrogen (secondary N) is 2. The lowest BCUT2D eigenvalue weighted by atomic mass is 9.97. The topological polar surface area (TPSA) is 91.3 Å². The van der Waals surface area contributed by atoms with Gasteiger partial charge in [-0.2, -0.15) is 0 Å². The minimum atomic E-state index is -0.768. The van der Waals surface area contributed by atoms with Gasteiger partial charge in [-0.05, 0) is 30.4 Å². The van der Waals surface area contributed by atoms with Crippen LogP contribution in [-0.2, 0) is 11.3 Å². The normalized spacial score (nSPS) is 11.7. The zero-order valence-electron chi connectivity index (χ0n) is 12.3. The van der Waals surface area contributed by atoms with Gasteiger partial charge in [0, 0.05) is 31.9 Å². The number of aromatic nitrogens is 1. The van der Waals surface area contributed by atoms with E-state index in [-0.39, 0.29) is 12.5 Å². The van der Waals surface area contributed by atoms with Gasteiger partial charge in [0.25, 0.3) is 0 Å². The van der Waals surface area contributed by atoms with E-state index >= 15 is 0 Å². The van der Waals surface area contributed by atoms with Crippen LogP contribution in [0.25, 0.3) is 0 Å². The molecule has 0 aliphatic carbocycles. The van der Waals surface area contributed by atoms with E-state index in [2.05, 4.69) is 15.6 Å². The maximum atomic E-state index is 11.6. The van der Waals surface area contributed by atoms with E-state index in [0.717, 1.165) is 18.4 Å². The van der Waals surface area contributed by atoms with Gasteiger partial charge in [0.2, 0.25) is 0 Å². The fourth-order valence-corrected chi connectivity index (χ4v) is 2.02. The van der Waals surface area contributed by atoms with Crippen LogP contribution in [0.3, 0.4) is 0 Å². The first-order valence-corrected chi connectivity index (χ1v) is 7.24. The molecular weight excluding hydrogens is 270 g/mol. The summed E-state index contributed by atoms with van der Waals surface area (Å²) in [6, 6.07) is 3.50. The van der Waals surface area contributed by atoms with Crippen molar-refractivity contribution in [1.29, 1.82) is 0 Å². The number of carboxylic acids is 1. The number of hydrogen-bond acceptors (Lipinski definition) is 3. The summed E-state index contributed by atoms with van der Waals surface area (Å²) in [6.07, 6.45) is 5.96. The van der Waals surface area contributed by atoms with E-state index in [1.165, 1.54) is 0 Å². The maximum Gasteiger partial charge on any atom is 0.315 e. The van der Waals surface area contributed by atoms with Crippen LogP contribution in [0.15, 0.2) is 24.5 Å². The molecule has 2 amide bonds. The number of amides is 2. The SMILES string of the molecule is CCC(CCNC(=O)NCc1cccnc1)CCC(=O)O. The Balaban J connectivity index is 2.16. The summed E-state index contributed by atoms with van der Waals surface area (Å²) in [5, 5.41) is 14.2.